The predicted octanol–water partition coefficient (Wildman–Crippen LogP) is 6.42. The van der Waals surface area contributed by atoms with E-state index in [1.54, 1.807) is 36.5 Å². The van der Waals surface area contributed by atoms with Crippen LogP contribution in [0.15, 0.2) is 79.0 Å². The summed E-state index contributed by atoms with van der Waals surface area (Å²) < 4.78 is 44.2. The molecule has 4 rings (SSSR count). The first-order chi connectivity index (χ1) is 15.8. The average molecular weight is 450 g/mol. The van der Waals surface area contributed by atoms with Gasteiger partial charge in [-0.15, -0.1) is 0 Å². The Kier molecular flexibility index (Phi) is 6.05. The lowest BCUT2D eigenvalue weighted by molar-refractivity contribution is -0.137. The van der Waals surface area contributed by atoms with Crippen molar-refractivity contribution in [2.45, 2.75) is 19.1 Å². The maximum absolute atomic E-state index is 13.0. The third-order valence-electron chi connectivity index (χ3n) is 5.43. The fraction of sp³-hybridized carbons (Fsp3) is 0.154. The summed E-state index contributed by atoms with van der Waals surface area (Å²) in [5.74, 6) is 0.283. The number of ether oxygens (including phenoxy) is 1. The highest BCUT2D eigenvalue weighted by molar-refractivity contribution is 6.03. The molecule has 0 fully saturated rings. The van der Waals surface area contributed by atoms with Gasteiger partial charge in [0.25, 0.3) is 5.91 Å². The fourth-order valence-corrected chi connectivity index (χ4v) is 3.67. The number of aromatic nitrogens is 1. The zero-order valence-electron chi connectivity index (χ0n) is 18.0. The van der Waals surface area contributed by atoms with E-state index >= 15 is 0 Å². The molecule has 0 radical (unpaired) electrons. The molecule has 0 saturated heterocycles. The SMILES string of the molecule is COc1cc(-c2ccc(C(F)(F)F)cc2)c2ccc(C(=O)NC(C)c3ccccn3)cc2c1. The molecule has 4 aromatic rings. The van der Waals surface area contributed by atoms with E-state index < -0.39 is 11.7 Å². The number of halogens is 3. The van der Waals surface area contributed by atoms with Gasteiger partial charge in [-0.05, 0) is 77.4 Å². The zero-order valence-corrected chi connectivity index (χ0v) is 18.0. The van der Waals surface area contributed by atoms with Gasteiger partial charge in [0, 0.05) is 11.8 Å². The van der Waals surface area contributed by atoms with Crippen molar-refractivity contribution in [3.05, 3.63) is 95.8 Å². The summed E-state index contributed by atoms with van der Waals surface area (Å²) in [4.78, 5) is 17.1. The molecule has 0 aliphatic carbocycles. The molecule has 0 aliphatic heterocycles. The topological polar surface area (TPSA) is 51.2 Å². The molecule has 1 amide bonds. The van der Waals surface area contributed by atoms with E-state index in [4.69, 9.17) is 4.74 Å². The van der Waals surface area contributed by atoms with E-state index in [0.717, 1.165) is 28.6 Å². The quantitative estimate of drug-likeness (QED) is 0.382. The molecule has 33 heavy (non-hydrogen) atoms. The number of fused-ring (bicyclic) bond motifs is 1. The maximum atomic E-state index is 13.0. The monoisotopic (exact) mass is 450 g/mol. The lowest BCUT2D eigenvalue weighted by atomic mass is 9.95. The van der Waals surface area contributed by atoms with Gasteiger partial charge < -0.3 is 10.1 Å². The second-order valence-corrected chi connectivity index (χ2v) is 7.64. The van der Waals surface area contributed by atoms with Crippen LogP contribution in [0.1, 0.15) is 34.6 Å². The molecule has 0 saturated carbocycles. The first-order valence-electron chi connectivity index (χ1n) is 10.3. The van der Waals surface area contributed by atoms with E-state index in [1.165, 1.54) is 19.2 Å². The highest BCUT2D eigenvalue weighted by Gasteiger charge is 2.30. The fourth-order valence-electron chi connectivity index (χ4n) is 3.67. The number of rotatable bonds is 5. The smallest absolute Gasteiger partial charge is 0.416 e. The molecule has 1 aromatic heterocycles. The summed E-state index contributed by atoms with van der Waals surface area (Å²) in [7, 11) is 1.52. The molecule has 7 heteroatoms. The molecular weight excluding hydrogens is 429 g/mol. The lowest BCUT2D eigenvalue weighted by Crippen LogP contribution is -2.27. The van der Waals surface area contributed by atoms with Crippen LogP contribution in [0.25, 0.3) is 21.9 Å². The van der Waals surface area contributed by atoms with Gasteiger partial charge in [-0.1, -0.05) is 24.3 Å². The average Bonchev–Trinajstić information content (AvgIpc) is 2.83. The third-order valence-corrected chi connectivity index (χ3v) is 5.43. The first-order valence-corrected chi connectivity index (χ1v) is 10.3. The number of hydrogen-bond acceptors (Lipinski definition) is 3. The van der Waals surface area contributed by atoms with Crippen molar-refractivity contribution in [1.82, 2.24) is 10.3 Å². The van der Waals surface area contributed by atoms with Crippen molar-refractivity contribution in [1.29, 1.82) is 0 Å². The minimum Gasteiger partial charge on any atom is -0.497 e. The number of alkyl halides is 3. The molecule has 0 spiro atoms. The van der Waals surface area contributed by atoms with Gasteiger partial charge in [-0.2, -0.15) is 13.2 Å². The van der Waals surface area contributed by atoms with Crippen LogP contribution in [0, 0.1) is 0 Å². The minimum absolute atomic E-state index is 0.256. The van der Waals surface area contributed by atoms with Gasteiger partial charge >= 0.3 is 6.18 Å². The van der Waals surface area contributed by atoms with Gasteiger partial charge in [0.05, 0.1) is 24.4 Å². The van der Waals surface area contributed by atoms with E-state index in [9.17, 15) is 18.0 Å². The number of hydrogen-bond donors (Lipinski definition) is 1. The van der Waals surface area contributed by atoms with Crippen molar-refractivity contribution in [2.75, 3.05) is 7.11 Å². The van der Waals surface area contributed by atoms with Gasteiger partial charge in [0.1, 0.15) is 5.75 Å². The van der Waals surface area contributed by atoms with Crippen LogP contribution in [0.2, 0.25) is 0 Å². The van der Waals surface area contributed by atoms with Crippen LogP contribution in [-0.2, 0) is 6.18 Å². The number of pyridine rings is 1. The normalized spacial score (nSPS) is 12.4. The molecule has 4 nitrogen and oxygen atoms in total. The summed E-state index contributed by atoms with van der Waals surface area (Å²) >= 11 is 0. The number of benzene rings is 3. The Labute approximate surface area is 189 Å². The van der Waals surface area contributed by atoms with Crippen molar-refractivity contribution in [2.24, 2.45) is 0 Å². The molecule has 1 heterocycles. The standard InChI is InChI=1S/C26H21F3N2O2/c1-16(24-5-3-4-12-30-24)31-25(32)18-8-11-22-19(13-18)14-21(33-2)15-23(22)17-6-9-20(10-7-17)26(27,28)29/h3-16H,1-2H3,(H,31,32). The molecule has 168 valence electrons. The van der Waals surface area contributed by atoms with Crippen molar-refractivity contribution in [3.8, 4) is 16.9 Å². The van der Waals surface area contributed by atoms with Crippen molar-refractivity contribution < 1.29 is 22.7 Å². The Bertz CT molecular complexity index is 1290. The molecule has 1 unspecified atom stereocenters. The van der Waals surface area contributed by atoms with Crippen LogP contribution in [0.3, 0.4) is 0 Å². The Morgan fingerprint density at radius 1 is 1.00 bits per heavy atom. The Morgan fingerprint density at radius 3 is 2.39 bits per heavy atom. The van der Waals surface area contributed by atoms with E-state index in [1.807, 2.05) is 25.1 Å². The van der Waals surface area contributed by atoms with E-state index in [2.05, 4.69) is 10.3 Å². The van der Waals surface area contributed by atoms with Crippen LogP contribution in [-0.4, -0.2) is 18.0 Å². The molecular formula is C26H21F3N2O2. The molecule has 1 N–H and O–H groups in total. The van der Waals surface area contributed by atoms with Crippen LogP contribution in [0.4, 0.5) is 13.2 Å². The second kappa shape index (κ2) is 8.94. The summed E-state index contributed by atoms with van der Waals surface area (Å²) in [6, 6.07) is 19.0. The maximum Gasteiger partial charge on any atom is 0.416 e. The zero-order chi connectivity index (χ0) is 23.6. The van der Waals surface area contributed by atoms with Crippen molar-refractivity contribution >= 4 is 16.7 Å². The van der Waals surface area contributed by atoms with Gasteiger partial charge in [0.15, 0.2) is 0 Å². The minimum atomic E-state index is -4.40. The summed E-state index contributed by atoms with van der Waals surface area (Å²) in [5, 5.41) is 4.47. The van der Waals surface area contributed by atoms with Gasteiger partial charge in [-0.3, -0.25) is 9.78 Å². The first kappa shape index (κ1) is 22.3. The third kappa shape index (κ3) is 4.82. The highest BCUT2D eigenvalue weighted by Crippen LogP contribution is 2.36. The molecule has 0 aliphatic rings. The highest BCUT2D eigenvalue weighted by atomic mass is 19.4. The summed E-state index contributed by atoms with van der Waals surface area (Å²) in [6.07, 6.45) is -2.73. The summed E-state index contributed by atoms with van der Waals surface area (Å²) in [6.45, 7) is 1.85. The van der Waals surface area contributed by atoms with Crippen LogP contribution in [0.5, 0.6) is 5.75 Å². The molecule has 3 aromatic carbocycles. The number of carbonyl (C=O) groups is 1. The number of carbonyl (C=O) groups excluding carboxylic acids is 1. The van der Waals surface area contributed by atoms with Crippen molar-refractivity contribution in [3.63, 3.8) is 0 Å². The Balaban J connectivity index is 1.69. The molecule has 0 bridgehead atoms. The lowest BCUT2D eigenvalue weighted by Gasteiger charge is -2.15. The molecule has 1 atom stereocenters. The number of nitrogens with zero attached hydrogens (tertiary/aromatic N) is 1. The van der Waals surface area contributed by atoms with Gasteiger partial charge in [0.2, 0.25) is 0 Å². The van der Waals surface area contributed by atoms with Crippen LogP contribution >= 0.6 is 0 Å². The summed E-state index contributed by atoms with van der Waals surface area (Å²) in [5.41, 5.74) is 1.83. The Hall–Kier alpha value is -3.87. The van der Waals surface area contributed by atoms with E-state index in [-0.39, 0.29) is 11.9 Å². The number of methoxy groups -OCH3 is 1. The van der Waals surface area contributed by atoms with E-state index in [0.29, 0.717) is 22.4 Å². The van der Waals surface area contributed by atoms with Gasteiger partial charge in [-0.25, -0.2) is 0 Å². The Morgan fingerprint density at radius 2 is 1.76 bits per heavy atom. The predicted molar refractivity (Wildman–Crippen MR) is 121 cm³/mol. The van der Waals surface area contributed by atoms with Crippen LogP contribution < -0.4 is 10.1 Å². The second-order valence-electron chi connectivity index (χ2n) is 7.64. The number of amides is 1. The largest absolute Gasteiger partial charge is 0.497 e. The number of nitrogens with one attached hydrogen (secondary N) is 1.